The first-order chi connectivity index (χ1) is 10.7. The fourth-order valence-electron chi connectivity index (χ4n) is 2.61. The average molecular weight is 352 g/mol. The molecule has 1 unspecified atom stereocenters. The number of carbonyl (C=O) groups excluding carboxylic acids is 1. The molecule has 0 radical (unpaired) electrons. The number of hydrogen-bond donors (Lipinski definition) is 0. The molecule has 22 heavy (non-hydrogen) atoms. The molecular formula is C17H18ClNOS2. The summed E-state index contributed by atoms with van der Waals surface area (Å²) in [4.78, 5) is 15.9. The molecule has 3 rings (SSSR count). The highest BCUT2D eigenvalue weighted by atomic mass is 35.5. The van der Waals surface area contributed by atoms with E-state index in [0.717, 1.165) is 30.8 Å². The van der Waals surface area contributed by atoms with Gasteiger partial charge in [-0.2, -0.15) is 11.8 Å². The van der Waals surface area contributed by atoms with Gasteiger partial charge in [-0.15, -0.1) is 11.3 Å². The summed E-state index contributed by atoms with van der Waals surface area (Å²) in [6, 6.07) is 11.9. The van der Waals surface area contributed by atoms with E-state index < -0.39 is 0 Å². The number of halogens is 1. The van der Waals surface area contributed by atoms with E-state index in [0.29, 0.717) is 16.7 Å². The Morgan fingerprint density at radius 3 is 2.77 bits per heavy atom. The van der Waals surface area contributed by atoms with E-state index in [4.69, 9.17) is 11.6 Å². The molecule has 1 saturated heterocycles. The smallest absolute Gasteiger partial charge is 0.227 e. The van der Waals surface area contributed by atoms with Gasteiger partial charge in [-0.05, 0) is 35.6 Å². The number of rotatable bonds is 3. The lowest BCUT2D eigenvalue weighted by Crippen LogP contribution is -2.34. The molecule has 0 aliphatic carbocycles. The lowest BCUT2D eigenvalue weighted by atomic mass is 10.1. The molecular weight excluding hydrogens is 334 g/mol. The fourth-order valence-corrected chi connectivity index (χ4v) is 4.97. The van der Waals surface area contributed by atoms with E-state index in [1.54, 1.807) is 0 Å². The van der Waals surface area contributed by atoms with Crippen molar-refractivity contribution in [3.05, 3.63) is 57.2 Å². The van der Waals surface area contributed by atoms with Gasteiger partial charge in [-0.1, -0.05) is 29.8 Å². The van der Waals surface area contributed by atoms with Gasteiger partial charge in [0, 0.05) is 34.0 Å². The Morgan fingerprint density at radius 1 is 1.23 bits per heavy atom. The molecule has 0 N–H and O–H groups in total. The van der Waals surface area contributed by atoms with Crippen LogP contribution in [-0.2, 0) is 11.2 Å². The predicted molar refractivity (Wildman–Crippen MR) is 95.9 cm³/mol. The summed E-state index contributed by atoms with van der Waals surface area (Å²) < 4.78 is 0. The third-order valence-electron chi connectivity index (χ3n) is 3.82. The van der Waals surface area contributed by atoms with Crippen LogP contribution in [0.1, 0.15) is 22.1 Å². The Kier molecular flexibility index (Phi) is 5.45. The van der Waals surface area contributed by atoms with Crippen molar-refractivity contribution in [1.29, 1.82) is 0 Å². The van der Waals surface area contributed by atoms with Crippen LogP contribution < -0.4 is 0 Å². The van der Waals surface area contributed by atoms with Gasteiger partial charge in [-0.25, -0.2) is 0 Å². The zero-order chi connectivity index (χ0) is 15.4. The van der Waals surface area contributed by atoms with Crippen molar-refractivity contribution in [3.63, 3.8) is 0 Å². The first-order valence-electron chi connectivity index (χ1n) is 7.39. The highest BCUT2D eigenvalue weighted by molar-refractivity contribution is 7.99. The van der Waals surface area contributed by atoms with E-state index >= 15 is 0 Å². The second-order valence-corrected chi connectivity index (χ2v) is 8.07. The van der Waals surface area contributed by atoms with Gasteiger partial charge in [0.05, 0.1) is 6.42 Å². The number of thiophene rings is 1. The summed E-state index contributed by atoms with van der Waals surface area (Å²) in [5.41, 5.74) is 1.03. The Hall–Kier alpha value is -0.970. The SMILES string of the molecule is O=C(Cc1ccc(Cl)cc1)N1CCSC(c2cccs2)CC1. The third kappa shape index (κ3) is 4.06. The van der Waals surface area contributed by atoms with Gasteiger partial charge >= 0.3 is 0 Å². The summed E-state index contributed by atoms with van der Waals surface area (Å²) in [5, 5.41) is 3.37. The molecule has 2 nitrogen and oxygen atoms in total. The Morgan fingerprint density at radius 2 is 2.05 bits per heavy atom. The fraction of sp³-hybridized carbons (Fsp3) is 0.353. The molecule has 0 bridgehead atoms. The molecule has 1 atom stereocenters. The number of benzene rings is 1. The van der Waals surface area contributed by atoms with Crippen LogP contribution in [0.15, 0.2) is 41.8 Å². The number of hydrogen-bond acceptors (Lipinski definition) is 3. The van der Waals surface area contributed by atoms with Crippen molar-refractivity contribution in [2.75, 3.05) is 18.8 Å². The molecule has 0 spiro atoms. The third-order valence-corrected chi connectivity index (χ3v) is 6.52. The molecule has 5 heteroatoms. The maximum Gasteiger partial charge on any atom is 0.227 e. The number of amides is 1. The van der Waals surface area contributed by atoms with Crippen LogP contribution >= 0.6 is 34.7 Å². The molecule has 1 aromatic heterocycles. The van der Waals surface area contributed by atoms with E-state index in [-0.39, 0.29) is 5.91 Å². The largest absolute Gasteiger partial charge is 0.342 e. The van der Waals surface area contributed by atoms with Crippen LogP contribution in [0.2, 0.25) is 5.02 Å². The molecule has 116 valence electrons. The summed E-state index contributed by atoms with van der Waals surface area (Å²) >= 11 is 9.67. The van der Waals surface area contributed by atoms with Crippen molar-refractivity contribution in [1.82, 2.24) is 4.90 Å². The summed E-state index contributed by atoms with van der Waals surface area (Å²) in [6.07, 6.45) is 1.50. The Bertz CT molecular complexity index is 612. The molecule has 1 amide bonds. The monoisotopic (exact) mass is 351 g/mol. The minimum absolute atomic E-state index is 0.217. The van der Waals surface area contributed by atoms with E-state index in [1.165, 1.54) is 4.88 Å². The van der Waals surface area contributed by atoms with Gasteiger partial charge in [0.1, 0.15) is 0 Å². The Balaban J connectivity index is 1.58. The van der Waals surface area contributed by atoms with Crippen molar-refractivity contribution >= 4 is 40.6 Å². The van der Waals surface area contributed by atoms with Crippen molar-refractivity contribution in [2.24, 2.45) is 0 Å². The first-order valence-corrected chi connectivity index (χ1v) is 9.70. The zero-order valence-electron chi connectivity index (χ0n) is 12.2. The lowest BCUT2D eigenvalue weighted by molar-refractivity contribution is -0.130. The first kappa shape index (κ1) is 15.9. The highest BCUT2D eigenvalue weighted by Crippen LogP contribution is 2.36. The maximum absolute atomic E-state index is 12.5. The van der Waals surface area contributed by atoms with E-state index in [2.05, 4.69) is 17.5 Å². The molecule has 0 saturated carbocycles. The van der Waals surface area contributed by atoms with E-state index in [9.17, 15) is 4.79 Å². The number of thioether (sulfide) groups is 1. The van der Waals surface area contributed by atoms with Crippen molar-refractivity contribution in [3.8, 4) is 0 Å². The molecule has 1 aliphatic rings. The van der Waals surface area contributed by atoms with E-state index in [1.807, 2.05) is 52.3 Å². The van der Waals surface area contributed by atoms with Gasteiger partial charge in [0.2, 0.25) is 5.91 Å². The van der Waals surface area contributed by atoms with Crippen molar-refractivity contribution < 1.29 is 4.79 Å². The highest BCUT2D eigenvalue weighted by Gasteiger charge is 2.22. The molecule has 2 aromatic rings. The standard InChI is InChI=1S/C17H18ClNOS2/c18-14-5-3-13(4-6-14)12-17(20)19-8-7-16(22-11-9-19)15-2-1-10-21-15/h1-6,10,16H,7-9,11-12H2. The molecule has 1 aromatic carbocycles. The predicted octanol–water partition coefficient (Wildman–Crippen LogP) is 4.65. The number of nitrogens with zero attached hydrogens (tertiary/aromatic N) is 1. The minimum atomic E-state index is 0.217. The van der Waals surface area contributed by atoms with Gasteiger partial charge in [0.15, 0.2) is 0 Å². The summed E-state index contributed by atoms with van der Waals surface area (Å²) in [5.74, 6) is 1.23. The quantitative estimate of drug-likeness (QED) is 0.802. The van der Waals surface area contributed by atoms with Gasteiger partial charge in [0.25, 0.3) is 0 Å². The number of carbonyl (C=O) groups is 1. The zero-order valence-corrected chi connectivity index (χ0v) is 14.6. The maximum atomic E-state index is 12.5. The van der Waals surface area contributed by atoms with Gasteiger partial charge in [-0.3, -0.25) is 4.79 Å². The van der Waals surface area contributed by atoms with Crippen LogP contribution in [0.3, 0.4) is 0 Å². The summed E-state index contributed by atoms with van der Waals surface area (Å²) in [7, 11) is 0. The van der Waals surface area contributed by atoms with Crippen LogP contribution in [0.25, 0.3) is 0 Å². The van der Waals surface area contributed by atoms with Crippen LogP contribution in [0.5, 0.6) is 0 Å². The topological polar surface area (TPSA) is 20.3 Å². The normalized spacial score (nSPS) is 19.0. The average Bonchev–Trinajstić information content (AvgIpc) is 2.94. The summed E-state index contributed by atoms with van der Waals surface area (Å²) in [6.45, 7) is 1.70. The second-order valence-electron chi connectivity index (χ2n) is 5.35. The van der Waals surface area contributed by atoms with Crippen LogP contribution in [-0.4, -0.2) is 29.6 Å². The minimum Gasteiger partial charge on any atom is -0.342 e. The van der Waals surface area contributed by atoms with Crippen molar-refractivity contribution in [2.45, 2.75) is 18.1 Å². The lowest BCUT2D eigenvalue weighted by Gasteiger charge is -2.20. The second kappa shape index (κ2) is 7.53. The molecule has 1 fully saturated rings. The van der Waals surface area contributed by atoms with Crippen LogP contribution in [0.4, 0.5) is 0 Å². The van der Waals surface area contributed by atoms with Gasteiger partial charge < -0.3 is 4.90 Å². The molecule has 1 aliphatic heterocycles. The molecule has 2 heterocycles. The van der Waals surface area contributed by atoms with Crippen LogP contribution in [0, 0.1) is 0 Å². The Labute approximate surface area is 144 Å².